The van der Waals surface area contributed by atoms with E-state index in [1.165, 1.54) is 29.5 Å². The number of halogens is 1. The molecule has 4 rings (SSSR count). The largest absolute Gasteiger partial charge is 0.326 e. The third kappa shape index (κ3) is 3.43. The van der Waals surface area contributed by atoms with Crippen molar-refractivity contribution in [3.05, 3.63) is 59.7 Å². The predicted octanol–water partition coefficient (Wildman–Crippen LogP) is 3.72. The molecule has 3 heterocycles. The summed E-state index contributed by atoms with van der Waals surface area (Å²) in [6.07, 6.45) is 1.70. The Morgan fingerprint density at radius 3 is 2.96 bits per heavy atom. The van der Waals surface area contributed by atoms with Crippen molar-refractivity contribution in [1.82, 2.24) is 9.97 Å². The lowest BCUT2D eigenvalue weighted by Crippen LogP contribution is -2.30. The molecule has 0 unspecified atom stereocenters. The van der Waals surface area contributed by atoms with E-state index in [1.807, 2.05) is 25.1 Å². The lowest BCUT2D eigenvalue weighted by Gasteiger charge is -2.24. The summed E-state index contributed by atoms with van der Waals surface area (Å²) in [6, 6.07) is 9.62. The standard InChI is InChI=1S/C19H15FN4O2S/c1-10-17(14-4-2-3-7-21-14)27-19(22-10)24-18(26)13-9-16(25)23-15-8-11(20)5-6-12(13)15/h2-8,13H,9H2,1H3,(H,23,25)(H,22,24,26)/t13-/m1/s1. The smallest absolute Gasteiger partial charge is 0.234 e. The van der Waals surface area contributed by atoms with Gasteiger partial charge in [-0.25, -0.2) is 9.37 Å². The van der Waals surface area contributed by atoms with Crippen LogP contribution in [0.4, 0.5) is 15.2 Å². The van der Waals surface area contributed by atoms with Gasteiger partial charge in [0, 0.05) is 18.3 Å². The van der Waals surface area contributed by atoms with Crippen molar-refractivity contribution in [2.45, 2.75) is 19.3 Å². The van der Waals surface area contributed by atoms with Crippen molar-refractivity contribution < 1.29 is 14.0 Å². The summed E-state index contributed by atoms with van der Waals surface area (Å²) >= 11 is 1.32. The van der Waals surface area contributed by atoms with E-state index in [0.717, 1.165) is 16.3 Å². The van der Waals surface area contributed by atoms with Gasteiger partial charge in [0.15, 0.2) is 5.13 Å². The average molecular weight is 382 g/mol. The van der Waals surface area contributed by atoms with Crippen molar-refractivity contribution >= 4 is 34.0 Å². The first-order chi connectivity index (χ1) is 13.0. The van der Waals surface area contributed by atoms with Crippen molar-refractivity contribution in [2.75, 3.05) is 10.6 Å². The maximum Gasteiger partial charge on any atom is 0.234 e. The number of carbonyl (C=O) groups excluding carboxylic acids is 2. The molecule has 0 aliphatic carbocycles. The first-order valence-electron chi connectivity index (χ1n) is 8.30. The van der Waals surface area contributed by atoms with Crippen molar-refractivity contribution in [3.63, 3.8) is 0 Å². The van der Waals surface area contributed by atoms with E-state index in [9.17, 15) is 14.0 Å². The second kappa shape index (κ2) is 6.88. The number of hydrogen-bond acceptors (Lipinski definition) is 5. The Labute approximate surface area is 158 Å². The predicted molar refractivity (Wildman–Crippen MR) is 101 cm³/mol. The topological polar surface area (TPSA) is 84.0 Å². The van der Waals surface area contributed by atoms with Gasteiger partial charge >= 0.3 is 0 Å². The minimum Gasteiger partial charge on any atom is -0.326 e. The molecule has 2 aromatic heterocycles. The van der Waals surface area contributed by atoms with Crippen molar-refractivity contribution in [3.8, 4) is 10.6 Å². The highest BCUT2D eigenvalue weighted by atomic mass is 32.1. The summed E-state index contributed by atoms with van der Waals surface area (Å²) in [5.41, 5.74) is 2.46. The van der Waals surface area contributed by atoms with Crippen LogP contribution in [-0.4, -0.2) is 21.8 Å². The van der Waals surface area contributed by atoms with Crippen LogP contribution in [0.5, 0.6) is 0 Å². The van der Waals surface area contributed by atoms with Gasteiger partial charge in [-0.2, -0.15) is 0 Å². The number of benzene rings is 1. The zero-order chi connectivity index (χ0) is 19.0. The van der Waals surface area contributed by atoms with Crippen LogP contribution in [0.15, 0.2) is 42.6 Å². The second-order valence-electron chi connectivity index (χ2n) is 6.17. The number of fused-ring (bicyclic) bond motifs is 1. The van der Waals surface area contributed by atoms with Crippen LogP contribution in [0, 0.1) is 12.7 Å². The number of aromatic nitrogens is 2. The first kappa shape index (κ1) is 17.3. The van der Waals surface area contributed by atoms with E-state index < -0.39 is 11.7 Å². The Morgan fingerprint density at radius 1 is 1.33 bits per heavy atom. The molecule has 0 spiro atoms. The van der Waals surface area contributed by atoms with Gasteiger partial charge in [0.2, 0.25) is 11.8 Å². The average Bonchev–Trinajstić information content (AvgIpc) is 3.01. The Bertz CT molecular complexity index is 1040. The monoisotopic (exact) mass is 382 g/mol. The fourth-order valence-electron chi connectivity index (χ4n) is 3.05. The molecule has 0 saturated carbocycles. The van der Waals surface area contributed by atoms with E-state index >= 15 is 0 Å². The fourth-order valence-corrected chi connectivity index (χ4v) is 3.99. The van der Waals surface area contributed by atoms with Gasteiger partial charge in [0.25, 0.3) is 0 Å². The Kier molecular flexibility index (Phi) is 4.41. The second-order valence-corrected chi connectivity index (χ2v) is 7.17. The van der Waals surface area contributed by atoms with Crippen LogP contribution >= 0.6 is 11.3 Å². The highest BCUT2D eigenvalue weighted by Gasteiger charge is 2.31. The Morgan fingerprint density at radius 2 is 2.19 bits per heavy atom. The van der Waals surface area contributed by atoms with Gasteiger partial charge in [0.05, 0.1) is 22.2 Å². The molecule has 1 aliphatic heterocycles. The molecule has 1 atom stereocenters. The number of rotatable bonds is 3. The van der Waals surface area contributed by atoms with Crippen LogP contribution in [0.3, 0.4) is 0 Å². The summed E-state index contributed by atoms with van der Waals surface area (Å²) in [6.45, 7) is 1.85. The lowest BCUT2D eigenvalue weighted by molar-refractivity contribution is -0.123. The third-order valence-electron chi connectivity index (χ3n) is 4.30. The molecule has 2 amide bonds. The van der Waals surface area contributed by atoms with Crippen molar-refractivity contribution in [1.29, 1.82) is 0 Å². The van der Waals surface area contributed by atoms with Gasteiger partial charge in [-0.15, -0.1) is 0 Å². The minimum absolute atomic E-state index is 0.00191. The molecule has 1 aromatic carbocycles. The molecule has 3 aromatic rings. The van der Waals surface area contributed by atoms with Crippen molar-refractivity contribution in [2.24, 2.45) is 0 Å². The number of pyridine rings is 1. The van der Waals surface area contributed by atoms with E-state index in [4.69, 9.17) is 0 Å². The van der Waals surface area contributed by atoms with Gasteiger partial charge < -0.3 is 10.6 Å². The summed E-state index contributed by atoms with van der Waals surface area (Å²) in [7, 11) is 0. The molecular formula is C19H15FN4O2S. The number of amides is 2. The maximum absolute atomic E-state index is 13.4. The summed E-state index contributed by atoms with van der Waals surface area (Å²) in [4.78, 5) is 34.3. The molecule has 27 heavy (non-hydrogen) atoms. The quantitative estimate of drug-likeness (QED) is 0.723. The van der Waals surface area contributed by atoms with Gasteiger partial charge in [-0.05, 0) is 36.8 Å². The lowest BCUT2D eigenvalue weighted by atomic mass is 9.90. The maximum atomic E-state index is 13.4. The molecule has 136 valence electrons. The minimum atomic E-state index is -0.697. The van der Waals surface area contributed by atoms with E-state index in [-0.39, 0.29) is 18.2 Å². The molecular weight excluding hydrogens is 367 g/mol. The SMILES string of the molecule is Cc1nc(NC(=O)[C@@H]2CC(=O)Nc3cc(F)ccc32)sc1-c1ccccn1. The number of carbonyl (C=O) groups is 2. The van der Waals surface area contributed by atoms with E-state index in [2.05, 4.69) is 20.6 Å². The van der Waals surface area contributed by atoms with Gasteiger partial charge in [0.1, 0.15) is 5.82 Å². The number of hydrogen-bond donors (Lipinski definition) is 2. The third-order valence-corrected chi connectivity index (χ3v) is 5.39. The van der Waals surface area contributed by atoms with E-state index in [1.54, 1.807) is 6.20 Å². The van der Waals surface area contributed by atoms with Crippen LogP contribution < -0.4 is 10.6 Å². The highest BCUT2D eigenvalue weighted by molar-refractivity contribution is 7.19. The summed E-state index contributed by atoms with van der Waals surface area (Å²) in [5.74, 6) is -1.83. The molecule has 0 bridgehead atoms. The zero-order valence-corrected chi connectivity index (χ0v) is 15.1. The highest BCUT2D eigenvalue weighted by Crippen LogP contribution is 2.35. The van der Waals surface area contributed by atoms with Crippen LogP contribution in [0.1, 0.15) is 23.6 Å². The molecule has 6 nitrogen and oxygen atoms in total. The summed E-state index contributed by atoms with van der Waals surface area (Å²) in [5, 5.41) is 5.83. The summed E-state index contributed by atoms with van der Waals surface area (Å²) < 4.78 is 13.4. The Hall–Kier alpha value is -3.13. The molecule has 0 saturated heterocycles. The van der Waals surface area contributed by atoms with Crippen LogP contribution in [0.25, 0.3) is 10.6 Å². The van der Waals surface area contributed by atoms with Gasteiger partial charge in [-0.3, -0.25) is 14.6 Å². The molecule has 2 N–H and O–H groups in total. The molecule has 1 aliphatic rings. The molecule has 0 radical (unpaired) electrons. The number of nitrogens with one attached hydrogen (secondary N) is 2. The molecule has 0 fully saturated rings. The number of thiazole rings is 1. The first-order valence-corrected chi connectivity index (χ1v) is 9.12. The number of aryl methyl sites for hydroxylation is 1. The normalized spacial score (nSPS) is 15.8. The van der Waals surface area contributed by atoms with Crippen LogP contribution in [-0.2, 0) is 9.59 Å². The zero-order valence-electron chi connectivity index (χ0n) is 14.3. The number of anilines is 2. The Balaban J connectivity index is 1.60. The van der Waals surface area contributed by atoms with Crippen LogP contribution in [0.2, 0.25) is 0 Å². The van der Waals surface area contributed by atoms with E-state index in [0.29, 0.717) is 16.4 Å². The molecule has 8 heteroatoms. The fraction of sp³-hybridized carbons (Fsp3) is 0.158. The van der Waals surface area contributed by atoms with Gasteiger partial charge in [-0.1, -0.05) is 23.5 Å². The number of nitrogens with zero attached hydrogens (tertiary/aromatic N) is 2.